The molecule has 4 rings (SSSR count). The monoisotopic (exact) mass is 574 g/mol. The average molecular weight is 575 g/mol. The van der Waals surface area contributed by atoms with Crippen LogP contribution in [0.15, 0.2) is 58.0 Å². The molecule has 1 fully saturated rings. The lowest BCUT2D eigenvalue weighted by Gasteiger charge is -2.35. The van der Waals surface area contributed by atoms with Crippen LogP contribution in [0.2, 0.25) is 0 Å². The van der Waals surface area contributed by atoms with Crippen molar-refractivity contribution in [2.45, 2.75) is 63.3 Å². The minimum Gasteiger partial charge on any atom is -0.457 e. The molecule has 0 spiro atoms. The number of aromatic amines is 1. The van der Waals surface area contributed by atoms with Crippen LogP contribution < -0.4 is 22.3 Å². The van der Waals surface area contributed by atoms with Crippen molar-refractivity contribution in [1.82, 2.24) is 14.9 Å². The molecule has 14 heteroatoms. The van der Waals surface area contributed by atoms with Crippen LogP contribution in [0, 0.1) is 12.8 Å². The van der Waals surface area contributed by atoms with Crippen molar-refractivity contribution in [3.8, 4) is 0 Å². The molecule has 1 aromatic heterocycles. The zero-order chi connectivity index (χ0) is 29.8. The Balaban J connectivity index is 1.46. The third-order valence-electron chi connectivity index (χ3n) is 7.02. The van der Waals surface area contributed by atoms with Crippen LogP contribution in [-0.2, 0) is 35.0 Å². The number of benzene rings is 1. The minimum absolute atomic E-state index is 0.117. The summed E-state index contributed by atoms with van der Waals surface area (Å²) in [5, 5.41) is 24.3. The summed E-state index contributed by atoms with van der Waals surface area (Å²) >= 11 is 0. The molecule has 0 saturated carbocycles. The van der Waals surface area contributed by atoms with Crippen molar-refractivity contribution in [2.24, 2.45) is 11.7 Å². The largest absolute Gasteiger partial charge is 0.457 e. The van der Waals surface area contributed by atoms with Gasteiger partial charge in [-0.3, -0.25) is 23.9 Å². The first-order chi connectivity index (χ1) is 19.5. The van der Waals surface area contributed by atoms with Crippen molar-refractivity contribution >= 4 is 11.8 Å². The van der Waals surface area contributed by atoms with E-state index in [0.29, 0.717) is 13.0 Å². The second-order valence-corrected chi connectivity index (χ2v) is 10.0. The fourth-order valence-electron chi connectivity index (χ4n) is 4.72. The number of ether oxygens (including phenoxy) is 4. The van der Waals surface area contributed by atoms with Crippen LogP contribution in [-0.4, -0.2) is 82.0 Å². The number of hydrogen-bond donors (Lipinski definition) is 5. The van der Waals surface area contributed by atoms with E-state index in [2.05, 4.69) is 10.3 Å². The van der Waals surface area contributed by atoms with Crippen LogP contribution in [0.5, 0.6) is 0 Å². The summed E-state index contributed by atoms with van der Waals surface area (Å²) in [6, 6.07) is 8.95. The SMILES string of the molecule is CO[C@H]1[C@@H](O)[C@H](n2ccc(=O)[nH]c2=O)O[C@@H]1[C@@H](O[C@H]1OC(C(=O)NCCc2ccc(C)cc2)=C[C@H](C)[C@@H]1O)C(N)=O. The molecule has 14 nitrogen and oxygen atoms in total. The number of primary amides is 1. The molecule has 222 valence electrons. The summed E-state index contributed by atoms with van der Waals surface area (Å²) in [6.45, 7) is 3.94. The van der Waals surface area contributed by atoms with Gasteiger partial charge in [-0.15, -0.1) is 0 Å². The molecule has 0 unspecified atom stereocenters. The molecule has 1 aromatic carbocycles. The number of aryl methyl sites for hydroxylation is 1. The van der Waals surface area contributed by atoms with E-state index in [1.165, 1.54) is 13.2 Å². The van der Waals surface area contributed by atoms with Crippen LogP contribution in [0.1, 0.15) is 24.3 Å². The number of nitrogens with two attached hydrogens (primary N) is 1. The van der Waals surface area contributed by atoms with Crippen LogP contribution >= 0.6 is 0 Å². The van der Waals surface area contributed by atoms with E-state index in [1.807, 2.05) is 31.2 Å². The van der Waals surface area contributed by atoms with E-state index >= 15 is 0 Å². The fourth-order valence-corrected chi connectivity index (χ4v) is 4.72. The van der Waals surface area contributed by atoms with Gasteiger partial charge in [-0.05, 0) is 25.0 Å². The van der Waals surface area contributed by atoms with Crippen LogP contribution in [0.25, 0.3) is 0 Å². The van der Waals surface area contributed by atoms with E-state index in [0.717, 1.165) is 28.0 Å². The second-order valence-electron chi connectivity index (χ2n) is 10.0. The Hall–Kier alpha value is -3.82. The molecule has 2 aliphatic heterocycles. The molecule has 8 atom stereocenters. The molecule has 41 heavy (non-hydrogen) atoms. The molecule has 3 heterocycles. The average Bonchev–Trinajstić information content (AvgIpc) is 3.25. The highest BCUT2D eigenvalue weighted by molar-refractivity contribution is 5.91. The smallest absolute Gasteiger partial charge is 0.330 e. The maximum Gasteiger partial charge on any atom is 0.330 e. The van der Waals surface area contributed by atoms with Crippen LogP contribution in [0.3, 0.4) is 0 Å². The highest BCUT2D eigenvalue weighted by atomic mass is 16.7. The predicted molar refractivity (Wildman–Crippen MR) is 142 cm³/mol. The van der Waals surface area contributed by atoms with Gasteiger partial charge in [0.15, 0.2) is 18.1 Å². The number of nitrogens with zero attached hydrogens (tertiary/aromatic N) is 1. The molecule has 1 saturated heterocycles. The van der Waals surface area contributed by atoms with Crippen LogP contribution in [0.4, 0.5) is 0 Å². The Morgan fingerprint density at radius 2 is 1.88 bits per heavy atom. The van der Waals surface area contributed by atoms with Crippen molar-refractivity contribution in [3.63, 3.8) is 0 Å². The lowest BCUT2D eigenvalue weighted by Crippen LogP contribution is -2.53. The van der Waals surface area contributed by atoms with E-state index in [-0.39, 0.29) is 5.76 Å². The molecule has 0 radical (unpaired) electrons. The number of rotatable bonds is 10. The van der Waals surface area contributed by atoms with Gasteiger partial charge in [0.1, 0.15) is 24.4 Å². The zero-order valence-electron chi connectivity index (χ0n) is 22.8. The molecule has 0 aliphatic carbocycles. The van der Waals surface area contributed by atoms with E-state index in [1.54, 1.807) is 6.92 Å². The van der Waals surface area contributed by atoms with Gasteiger partial charge in [-0.2, -0.15) is 0 Å². The Morgan fingerprint density at radius 3 is 2.51 bits per heavy atom. The summed E-state index contributed by atoms with van der Waals surface area (Å²) in [7, 11) is 1.25. The number of aliphatic hydroxyl groups is 2. The fraction of sp³-hybridized carbons (Fsp3) is 0.481. The Kier molecular flexibility index (Phi) is 9.40. The first-order valence-corrected chi connectivity index (χ1v) is 13.0. The highest BCUT2D eigenvalue weighted by Gasteiger charge is 2.52. The predicted octanol–water partition coefficient (Wildman–Crippen LogP) is -1.42. The maximum atomic E-state index is 12.8. The van der Waals surface area contributed by atoms with Gasteiger partial charge in [0.2, 0.25) is 12.2 Å². The van der Waals surface area contributed by atoms with Gasteiger partial charge in [-0.1, -0.05) is 36.8 Å². The first kappa shape index (κ1) is 30.1. The first-order valence-electron chi connectivity index (χ1n) is 13.0. The van der Waals surface area contributed by atoms with Crippen molar-refractivity contribution in [2.75, 3.05) is 13.7 Å². The summed E-state index contributed by atoms with van der Waals surface area (Å²) in [5.74, 6) is -2.31. The van der Waals surface area contributed by atoms with Gasteiger partial charge in [0.05, 0.1) is 0 Å². The number of hydrogen-bond acceptors (Lipinski definition) is 10. The third-order valence-corrected chi connectivity index (χ3v) is 7.02. The number of aliphatic hydroxyl groups excluding tert-OH is 2. The molecule has 2 aliphatic rings. The summed E-state index contributed by atoms with van der Waals surface area (Å²) in [6.07, 6.45) is -6.74. The quantitative estimate of drug-likeness (QED) is 0.224. The Labute approximate surface area is 234 Å². The summed E-state index contributed by atoms with van der Waals surface area (Å²) in [5.41, 5.74) is 6.25. The Bertz CT molecular complexity index is 1390. The minimum atomic E-state index is -1.64. The van der Waals surface area contributed by atoms with Gasteiger partial charge >= 0.3 is 5.69 Å². The number of carbonyl (C=O) groups is 2. The van der Waals surface area contributed by atoms with E-state index < -0.39 is 72.0 Å². The van der Waals surface area contributed by atoms with Crippen molar-refractivity contribution in [3.05, 3.63) is 80.3 Å². The zero-order valence-corrected chi connectivity index (χ0v) is 22.8. The molecular weight excluding hydrogens is 540 g/mol. The lowest BCUT2D eigenvalue weighted by atomic mass is 10.00. The van der Waals surface area contributed by atoms with Gasteiger partial charge in [-0.25, -0.2) is 4.79 Å². The molecule has 2 aromatic rings. The number of nitrogens with one attached hydrogen (secondary N) is 2. The van der Waals surface area contributed by atoms with Gasteiger partial charge in [0.25, 0.3) is 11.5 Å². The Morgan fingerprint density at radius 1 is 1.17 bits per heavy atom. The van der Waals surface area contributed by atoms with E-state index in [4.69, 9.17) is 24.7 Å². The van der Waals surface area contributed by atoms with Gasteiger partial charge < -0.3 is 40.2 Å². The van der Waals surface area contributed by atoms with E-state index in [9.17, 15) is 29.4 Å². The lowest BCUT2D eigenvalue weighted by molar-refractivity contribution is -0.235. The highest BCUT2D eigenvalue weighted by Crippen LogP contribution is 2.34. The van der Waals surface area contributed by atoms with Gasteiger partial charge in [0, 0.05) is 31.8 Å². The van der Waals surface area contributed by atoms with Crippen molar-refractivity contribution < 1.29 is 38.7 Å². The molecule has 0 bridgehead atoms. The number of methoxy groups -OCH3 is 1. The topological polar surface area (TPSA) is 204 Å². The van der Waals surface area contributed by atoms with Crippen molar-refractivity contribution in [1.29, 1.82) is 0 Å². The number of amides is 2. The molecule has 2 amide bonds. The number of carbonyl (C=O) groups excluding carboxylic acids is 2. The summed E-state index contributed by atoms with van der Waals surface area (Å²) in [4.78, 5) is 51.2. The second kappa shape index (κ2) is 12.8. The normalized spacial score (nSPS) is 28.4. The summed E-state index contributed by atoms with van der Waals surface area (Å²) < 4.78 is 23.5. The molecular formula is C27H34N4O10. The molecule has 6 N–H and O–H groups in total. The number of H-pyrrole nitrogens is 1. The maximum absolute atomic E-state index is 12.8. The third kappa shape index (κ3) is 6.74. The standard InChI is InChI=1S/C27H34N4O10/c1-13-4-6-15(7-5-13)8-10-29-24(36)16-12-14(2)18(33)26(39-16)41-22(23(28)35)21-20(38-3)19(34)25(40-21)31-11-9-17(32)30-27(31)37/h4-7,9,11-12,14,18-22,25-26,33-34H,8,10H2,1-3H3,(H2,28,35)(H,29,36)(H,30,32,37)/t14-,18-,19+,20-,21-,22+,25+,26+/m0/s1. The number of aromatic nitrogens is 2.